The molecule has 2 aromatic rings. The molecule has 0 aliphatic carbocycles. The molecule has 158 valence electrons. The largest absolute Gasteiger partial charge is 0.487 e. The summed E-state index contributed by atoms with van der Waals surface area (Å²) in [7, 11) is 1.55. The zero-order valence-corrected chi connectivity index (χ0v) is 17.0. The van der Waals surface area contributed by atoms with Crippen LogP contribution in [-0.2, 0) is 0 Å². The molecule has 10 heteroatoms. The summed E-state index contributed by atoms with van der Waals surface area (Å²) in [6, 6.07) is 3.12. The summed E-state index contributed by atoms with van der Waals surface area (Å²) in [4.78, 5) is 15.2. The number of alkyl halides is 3. The number of aromatic nitrogens is 2. The van der Waals surface area contributed by atoms with E-state index in [0.717, 1.165) is 17.5 Å². The number of carbonyl (C=O) groups is 1. The summed E-state index contributed by atoms with van der Waals surface area (Å²) in [6.45, 7) is 2.74. The van der Waals surface area contributed by atoms with Crippen LogP contribution in [0.4, 0.5) is 19.0 Å². The average molecular weight is 428 g/mol. The van der Waals surface area contributed by atoms with Crippen LogP contribution in [0, 0.1) is 12.8 Å². The monoisotopic (exact) mass is 428 g/mol. The minimum absolute atomic E-state index is 0.0524. The SMILES string of the molecule is COc1ccc(C(=O)N2CCCC([C@@H]3C[C@H](C(F)(F)F)n4nc(C)cc4N3)C2)s1. The van der Waals surface area contributed by atoms with Crippen LogP contribution in [0.3, 0.4) is 0 Å². The van der Waals surface area contributed by atoms with Gasteiger partial charge >= 0.3 is 6.18 Å². The van der Waals surface area contributed by atoms with E-state index in [2.05, 4.69) is 10.4 Å². The number of methoxy groups -OCH3 is 1. The molecule has 2 aromatic heterocycles. The number of hydrogen-bond donors (Lipinski definition) is 1. The van der Waals surface area contributed by atoms with Crippen LogP contribution in [0.2, 0.25) is 0 Å². The molecule has 0 bridgehead atoms. The predicted molar refractivity (Wildman–Crippen MR) is 104 cm³/mol. The van der Waals surface area contributed by atoms with E-state index in [0.29, 0.717) is 34.5 Å². The number of piperidine rings is 1. The maximum Gasteiger partial charge on any atom is 0.410 e. The van der Waals surface area contributed by atoms with Gasteiger partial charge in [0.1, 0.15) is 5.82 Å². The van der Waals surface area contributed by atoms with Crippen LogP contribution in [0.15, 0.2) is 18.2 Å². The summed E-state index contributed by atoms with van der Waals surface area (Å²) >= 11 is 1.28. The van der Waals surface area contributed by atoms with Crippen molar-refractivity contribution in [3.8, 4) is 5.06 Å². The highest BCUT2D eigenvalue weighted by molar-refractivity contribution is 7.15. The molecule has 0 spiro atoms. The first-order chi connectivity index (χ1) is 13.8. The first-order valence-corrected chi connectivity index (χ1v) is 10.4. The molecule has 4 rings (SSSR count). The highest BCUT2D eigenvalue weighted by Gasteiger charge is 2.48. The predicted octanol–water partition coefficient (Wildman–Crippen LogP) is 4.10. The van der Waals surface area contributed by atoms with E-state index < -0.39 is 12.2 Å². The van der Waals surface area contributed by atoms with Crippen molar-refractivity contribution in [1.29, 1.82) is 0 Å². The van der Waals surface area contributed by atoms with Gasteiger partial charge in [-0.3, -0.25) is 4.79 Å². The summed E-state index contributed by atoms with van der Waals surface area (Å²) in [5.41, 5.74) is 0.550. The van der Waals surface area contributed by atoms with Crippen LogP contribution in [-0.4, -0.2) is 53.0 Å². The van der Waals surface area contributed by atoms with E-state index in [1.54, 1.807) is 37.1 Å². The summed E-state index contributed by atoms with van der Waals surface area (Å²) < 4.78 is 47.2. The first kappa shape index (κ1) is 20.1. The first-order valence-electron chi connectivity index (χ1n) is 9.58. The number of nitrogens with zero attached hydrogens (tertiary/aromatic N) is 3. The Morgan fingerprint density at radius 2 is 2.17 bits per heavy atom. The Bertz CT molecular complexity index is 894. The molecule has 0 aromatic carbocycles. The fourth-order valence-electron chi connectivity index (χ4n) is 4.26. The molecule has 29 heavy (non-hydrogen) atoms. The van der Waals surface area contributed by atoms with Crippen molar-refractivity contribution in [3.63, 3.8) is 0 Å². The molecule has 1 unspecified atom stereocenters. The second kappa shape index (κ2) is 7.55. The Hall–Kier alpha value is -2.23. The van der Waals surface area contributed by atoms with Crippen molar-refractivity contribution >= 4 is 23.1 Å². The minimum atomic E-state index is -4.37. The second-order valence-corrected chi connectivity index (χ2v) is 8.68. The lowest BCUT2D eigenvalue weighted by molar-refractivity contribution is -0.174. The third-order valence-corrected chi connectivity index (χ3v) is 6.68. The van der Waals surface area contributed by atoms with E-state index in [1.165, 1.54) is 11.3 Å². The third kappa shape index (κ3) is 3.94. The number of carbonyl (C=O) groups excluding carboxylic acids is 1. The van der Waals surface area contributed by atoms with Crippen molar-refractivity contribution in [2.45, 2.75) is 44.4 Å². The van der Waals surface area contributed by atoms with E-state index in [1.807, 2.05) is 0 Å². The maximum atomic E-state index is 13.7. The van der Waals surface area contributed by atoms with Crippen molar-refractivity contribution in [1.82, 2.24) is 14.7 Å². The normalized spacial score (nSPS) is 24.7. The van der Waals surface area contributed by atoms with E-state index in [4.69, 9.17) is 4.74 Å². The molecule has 4 heterocycles. The lowest BCUT2D eigenvalue weighted by Gasteiger charge is -2.41. The Balaban J connectivity index is 1.51. The van der Waals surface area contributed by atoms with Gasteiger partial charge in [0.25, 0.3) is 5.91 Å². The molecule has 2 aliphatic heterocycles. The number of nitrogens with one attached hydrogen (secondary N) is 1. The Morgan fingerprint density at radius 3 is 2.86 bits per heavy atom. The molecular formula is C19H23F3N4O2S. The number of likely N-dealkylation sites (tertiary alicyclic amines) is 1. The van der Waals surface area contributed by atoms with Crippen molar-refractivity contribution in [2.75, 3.05) is 25.5 Å². The third-order valence-electron chi connectivity index (χ3n) is 5.65. The van der Waals surface area contributed by atoms with Gasteiger partial charge in [-0.25, -0.2) is 4.68 Å². The molecule has 6 nitrogen and oxygen atoms in total. The molecule has 1 fully saturated rings. The molecule has 2 aliphatic rings. The summed E-state index contributed by atoms with van der Waals surface area (Å²) in [5.74, 6) is 0.253. The zero-order valence-electron chi connectivity index (χ0n) is 16.2. The van der Waals surface area contributed by atoms with Crippen LogP contribution in [0.1, 0.15) is 40.7 Å². The topological polar surface area (TPSA) is 59.4 Å². The number of aryl methyl sites for hydroxylation is 1. The smallest absolute Gasteiger partial charge is 0.410 e. The molecule has 1 N–H and O–H groups in total. The van der Waals surface area contributed by atoms with Gasteiger partial charge in [0, 0.05) is 25.2 Å². The van der Waals surface area contributed by atoms with Crippen LogP contribution in [0.5, 0.6) is 5.06 Å². The van der Waals surface area contributed by atoms with E-state index >= 15 is 0 Å². The zero-order chi connectivity index (χ0) is 20.8. The van der Waals surface area contributed by atoms with E-state index in [-0.39, 0.29) is 24.3 Å². The number of fused-ring (bicyclic) bond motifs is 1. The number of thiophene rings is 1. The molecule has 0 saturated carbocycles. The van der Waals surface area contributed by atoms with Crippen molar-refractivity contribution < 1.29 is 22.7 Å². The summed E-state index contributed by atoms with van der Waals surface area (Å²) in [6.07, 6.45) is -2.90. The number of ether oxygens (including phenoxy) is 1. The number of hydrogen-bond acceptors (Lipinski definition) is 5. The van der Waals surface area contributed by atoms with Crippen molar-refractivity contribution in [3.05, 3.63) is 28.8 Å². The molecular weight excluding hydrogens is 405 g/mol. The number of rotatable bonds is 3. The lowest BCUT2D eigenvalue weighted by atomic mass is 9.85. The van der Waals surface area contributed by atoms with Gasteiger partial charge in [0.2, 0.25) is 0 Å². The van der Waals surface area contributed by atoms with Crippen LogP contribution < -0.4 is 10.1 Å². The van der Waals surface area contributed by atoms with Gasteiger partial charge in [-0.15, -0.1) is 0 Å². The lowest BCUT2D eigenvalue weighted by Crippen LogP contribution is -2.49. The van der Waals surface area contributed by atoms with Gasteiger partial charge in [-0.05, 0) is 44.2 Å². The number of halogens is 3. The van der Waals surface area contributed by atoms with Crippen LogP contribution in [0.25, 0.3) is 0 Å². The van der Waals surface area contributed by atoms with Gasteiger partial charge in [0.05, 0.1) is 17.7 Å². The van der Waals surface area contributed by atoms with E-state index in [9.17, 15) is 18.0 Å². The quantitative estimate of drug-likeness (QED) is 0.800. The molecule has 0 radical (unpaired) electrons. The van der Waals surface area contributed by atoms with Crippen molar-refractivity contribution in [2.24, 2.45) is 5.92 Å². The number of amides is 1. The van der Waals surface area contributed by atoms with Gasteiger partial charge in [0.15, 0.2) is 11.1 Å². The fraction of sp³-hybridized carbons (Fsp3) is 0.579. The van der Waals surface area contributed by atoms with Gasteiger partial charge in [-0.1, -0.05) is 11.3 Å². The van der Waals surface area contributed by atoms with Gasteiger partial charge in [-0.2, -0.15) is 18.3 Å². The minimum Gasteiger partial charge on any atom is -0.487 e. The highest BCUT2D eigenvalue weighted by Crippen LogP contribution is 2.42. The number of anilines is 1. The second-order valence-electron chi connectivity index (χ2n) is 7.64. The highest BCUT2D eigenvalue weighted by atomic mass is 32.1. The average Bonchev–Trinajstić information content (AvgIpc) is 3.31. The molecule has 1 saturated heterocycles. The van der Waals surface area contributed by atoms with Gasteiger partial charge < -0.3 is 15.0 Å². The Labute approximate surface area is 170 Å². The van der Waals surface area contributed by atoms with Crippen LogP contribution >= 0.6 is 11.3 Å². The standard InChI is InChI=1S/C19H23F3N4O2S/c1-11-8-16-23-13(9-15(19(20,21)22)26(16)24-11)12-4-3-7-25(10-12)18(27)14-5-6-17(28-2)29-14/h5-6,8,12-13,15,23H,3-4,7,9-10H2,1-2H3/t12?,13-,15+/m0/s1. The molecule has 1 amide bonds. The maximum absolute atomic E-state index is 13.7. The Kier molecular flexibility index (Phi) is 5.22. The Morgan fingerprint density at radius 1 is 1.38 bits per heavy atom. The fourth-order valence-corrected chi connectivity index (χ4v) is 5.05. The summed E-state index contributed by atoms with van der Waals surface area (Å²) in [5, 5.41) is 7.94. The molecule has 3 atom stereocenters.